The Bertz CT molecular complexity index is 3260. The van der Waals surface area contributed by atoms with Gasteiger partial charge in [-0.15, -0.1) is 0 Å². The van der Waals surface area contributed by atoms with E-state index in [1.807, 2.05) is 90.9 Å². The Morgan fingerprint density at radius 2 is 1.30 bits per heavy atom. The minimum Gasteiger partial charge on any atom is -0.388 e. The highest BCUT2D eigenvalue weighted by Gasteiger charge is 2.46. The highest BCUT2D eigenvalue weighted by atomic mass is 16.5. The number of hydrogen-bond acceptors (Lipinski definition) is 18. The molecule has 590 valence electrons. The van der Waals surface area contributed by atoms with Crippen LogP contribution >= 0.6 is 0 Å². The summed E-state index contributed by atoms with van der Waals surface area (Å²) in [6.45, 7) is 17.5. The van der Waals surface area contributed by atoms with Crippen LogP contribution in [0.2, 0.25) is 0 Å². The summed E-state index contributed by atoms with van der Waals surface area (Å²) in [5.41, 5.74) is 7.22. The van der Waals surface area contributed by atoms with Gasteiger partial charge in [-0.25, -0.2) is 4.79 Å². The Morgan fingerprint density at radius 1 is 0.660 bits per heavy atom. The summed E-state index contributed by atoms with van der Waals surface area (Å²) in [4.78, 5) is 167. The van der Waals surface area contributed by atoms with E-state index in [4.69, 9.17) is 19.9 Å². The number of methoxy groups -OCH3 is 2. The van der Waals surface area contributed by atoms with E-state index in [1.165, 1.54) is 26.4 Å². The molecule has 0 spiro atoms. The van der Waals surface area contributed by atoms with Crippen LogP contribution in [-0.4, -0.2) is 248 Å². The number of aliphatic hydroxyl groups excluding tert-OH is 2. The molecule has 2 aromatic carbocycles. The molecular weight excluding hydrogens is 1370 g/mol. The van der Waals surface area contributed by atoms with Crippen LogP contribution < -0.4 is 48.3 Å². The van der Waals surface area contributed by atoms with Crippen molar-refractivity contribution in [1.82, 2.24) is 56.8 Å². The Morgan fingerprint density at radius 3 is 1.90 bits per heavy atom. The lowest BCUT2D eigenvalue weighted by atomic mass is 9.89. The minimum atomic E-state index is -1.51. The maximum absolute atomic E-state index is 14.7. The first-order valence-corrected chi connectivity index (χ1v) is 37.3. The molecule has 2 saturated heterocycles. The number of rotatable bonds is 44. The molecule has 30 heteroatoms. The molecular formula is C76H119N13O17. The molecule has 0 radical (unpaired) electrons. The Labute approximate surface area is 624 Å². The molecule has 30 nitrogen and oxygen atoms in total. The summed E-state index contributed by atoms with van der Waals surface area (Å²) in [5.74, 6) is -6.53. The van der Waals surface area contributed by atoms with E-state index < -0.39 is 133 Å². The standard InChI is InChI=1S/C76H119N13O17/c1-15-47(8)66(87(12)75(102)64(45(4)5)85-74(101)65(46(6)7)86(10)11)55(104-13)42-62(94)88-39-23-27-54(88)69(105-14)48(9)70(97)83-53(40-50-24-18-16-19-25-50)71(98)78-37-35-49-29-31-51(32-30-49)81-72(99)52(26-22-36-79-76(77)103)82-73(100)63(44(2)3)84-59(91)41-56-67(95)68(96)57(106-56)43-80-58(90)28-20-17-21-38-89-60(92)33-34-61(89)93/h16,18-19,24-25,29-34,44-48,52-57,63-69,95-96H,15,17,20-23,26-28,35-43H2,1-14H3,(H,78,98)(H,80,90)(H,81,99)(H,82,100)(H,83,97)(H,84,91)(H,85,101)(H3,77,79,103)/t47?,48?,52?,53-,54?,55?,56-,57+,63+,64-,65?,66?,67?,68?,69?/m0/s1. The zero-order chi connectivity index (χ0) is 78.6. The number of likely N-dealkylation sites (N-methyl/N-ethyl adjacent to an activating group) is 2. The SMILES string of the molecule is CCC(C)C(C(CC(=O)N1CCCC1C(OC)C(C)C(=O)N[C@@H](Cc1ccccc1)C(=O)NCCc1ccc(NC(=O)C(CCCNC(N)=O)NC(=O)[C@H](NC(=O)C[C@@H]2O[C@H](CNC(=O)CCCCCN3C(=O)C=CC3=O)C(O)C2O)C(C)C)cc1)OC)N(C)C(=O)[C@@H](NC(=O)C(C(C)C)N(C)C)C(C)C. The molecule has 10 unspecified atom stereocenters. The lowest BCUT2D eigenvalue weighted by Gasteiger charge is -2.41. The molecule has 12 N–H and O–H groups in total. The van der Waals surface area contributed by atoms with Crippen molar-refractivity contribution in [3.63, 3.8) is 0 Å². The number of amides is 13. The first kappa shape index (κ1) is 88.2. The monoisotopic (exact) mass is 1490 g/mol. The van der Waals surface area contributed by atoms with E-state index in [9.17, 15) is 67.7 Å². The lowest BCUT2D eigenvalue weighted by molar-refractivity contribution is -0.148. The molecule has 2 aromatic rings. The number of anilines is 1. The Hall–Kier alpha value is -8.42. The number of likely N-dealkylation sites (tertiary alicyclic amines) is 1. The van der Waals surface area contributed by atoms with E-state index in [0.717, 1.165) is 16.0 Å². The van der Waals surface area contributed by atoms with Gasteiger partial charge in [0.2, 0.25) is 53.2 Å². The number of carbonyl (C=O) groups is 12. The number of primary amides is 1. The molecule has 0 aliphatic carbocycles. The summed E-state index contributed by atoms with van der Waals surface area (Å²) in [6, 6.07) is 9.52. The lowest BCUT2D eigenvalue weighted by Crippen LogP contribution is -2.59. The molecule has 3 heterocycles. The van der Waals surface area contributed by atoms with Crippen LogP contribution in [0.5, 0.6) is 0 Å². The average molecular weight is 1490 g/mol. The number of urea groups is 1. The fourth-order valence-electron chi connectivity index (χ4n) is 14.1. The number of ether oxygens (including phenoxy) is 3. The third-order valence-corrected chi connectivity index (χ3v) is 20.2. The van der Waals surface area contributed by atoms with Gasteiger partial charge in [0.15, 0.2) is 0 Å². The molecule has 15 atom stereocenters. The topological polar surface area (TPSA) is 408 Å². The third kappa shape index (κ3) is 26.2. The first-order valence-electron chi connectivity index (χ1n) is 37.3. The van der Waals surface area contributed by atoms with E-state index in [0.29, 0.717) is 57.2 Å². The van der Waals surface area contributed by atoms with Crippen molar-refractivity contribution in [1.29, 1.82) is 0 Å². The quantitative estimate of drug-likeness (QED) is 0.0335. The number of nitrogens with zero attached hydrogens (tertiary/aromatic N) is 4. The molecule has 3 aliphatic rings. The molecule has 5 rings (SSSR count). The molecule has 2 fully saturated rings. The van der Waals surface area contributed by atoms with Gasteiger partial charge in [0.25, 0.3) is 11.8 Å². The van der Waals surface area contributed by atoms with Crippen LogP contribution in [0.3, 0.4) is 0 Å². The van der Waals surface area contributed by atoms with Gasteiger partial charge in [-0.2, -0.15) is 0 Å². The maximum atomic E-state index is 14.7. The van der Waals surface area contributed by atoms with E-state index in [-0.39, 0.29) is 111 Å². The van der Waals surface area contributed by atoms with Crippen LogP contribution in [0.25, 0.3) is 0 Å². The number of unbranched alkanes of at least 4 members (excludes halogenated alkanes) is 2. The number of benzene rings is 2. The largest absolute Gasteiger partial charge is 0.388 e. The Kier molecular flexibility index (Phi) is 36.1. The highest BCUT2D eigenvalue weighted by Crippen LogP contribution is 2.31. The smallest absolute Gasteiger partial charge is 0.312 e. The van der Waals surface area contributed by atoms with Crippen molar-refractivity contribution >= 4 is 76.7 Å². The van der Waals surface area contributed by atoms with Crippen molar-refractivity contribution in [3.05, 3.63) is 77.9 Å². The van der Waals surface area contributed by atoms with E-state index in [2.05, 4.69) is 42.5 Å². The summed E-state index contributed by atoms with van der Waals surface area (Å²) < 4.78 is 18.0. The molecule has 0 aromatic heterocycles. The number of nitrogens with two attached hydrogens (primary N) is 1. The fourth-order valence-corrected chi connectivity index (χ4v) is 14.1. The average Bonchev–Trinajstić information content (AvgIpc) is 1.47. The van der Waals surface area contributed by atoms with Gasteiger partial charge in [0.1, 0.15) is 42.5 Å². The highest BCUT2D eigenvalue weighted by molar-refractivity contribution is 6.12. The first-order chi connectivity index (χ1) is 50.2. The molecule has 3 aliphatic heterocycles. The fraction of sp³-hybridized carbons (Fsp3) is 0.658. The van der Waals surface area contributed by atoms with Crippen molar-refractivity contribution in [2.24, 2.45) is 35.3 Å². The number of imide groups is 1. The van der Waals surface area contributed by atoms with Gasteiger partial charge in [0, 0.05) is 84.7 Å². The van der Waals surface area contributed by atoms with Gasteiger partial charge >= 0.3 is 6.03 Å². The number of carbonyl (C=O) groups excluding carboxylic acids is 12. The van der Waals surface area contributed by atoms with Crippen LogP contribution in [0.1, 0.15) is 144 Å². The molecule has 106 heavy (non-hydrogen) atoms. The van der Waals surface area contributed by atoms with Crippen molar-refractivity contribution in [2.45, 2.75) is 225 Å². The second-order valence-electron chi connectivity index (χ2n) is 29.4. The predicted octanol–water partition coefficient (Wildman–Crippen LogP) is 2.21. The zero-order valence-electron chi connectivity index (χ0n) is 64.4. The summed E-state index contributed by atoms with van der Waals surface area (Å²) >= 11 is 0. The van der Waals surface area contributed by atoms with Gasteiger partial charge in [0.05, 0.1) is 55.2 Å². The van der Waals surface area contributed by atoms with E-state index in [1.54, 1.807) is 61.9 Å². The minimum absolute atomic E-state index is 0.0125. The van der Waals surface area contributed by atoms with Crippen molar-refractivity contribution < 1.29 is 82.0 Å². The summed E-state index contributed by atoms with van der Waals surface area (Å²) in [7, 11) is 8.38. The van der Waals surface area contributed by atoms with Crippen LogP contribution in [0, 0.1) is 29.6 Å². The van der Waals surface area contributed by atoms with E-state index >= 15 is 0 Å². The van der Waals surface area contributed by atoms with Gasteiger partial charge in [-0.3, -0.25) is 62.5 Å². The number of nitrogens with one attached hydrogen (secondary N) is 8. The van der Waals surface area contributed by atoms with Crippen molar-refractivity contribution in [3.8, 4) is 0 Å². The van der Waals surface area contributed by atoms with Crippen LogP contribution in [0.15, 0.2) is 66.7 Å². The second-order valence-corrected chi connectivity index (χ2v) is 29.4. The number of hydrogen-bond donors (Lipinski definition) is 11. The normalized spacial score (nSPS) is 20.1. The molecule has 13 amide bonds. The third-order valence-electron chi connectivity index (χ3n) is 20.2. The van der Waals surface area contributed by atoms with Crippen LogP contribution in [0.4, 0.5) is 10.5 Å². The summed E-state index contributed by atoms with van der Waals surface area (Å²) in [5, 5.41) is 44.0. The Balaban J connectivity index is 1.17. The number of aliphatic hydroxyl groups is 2. The zero-order valence-corrected chi connectivity index (χ0v) is 64.4. The molecule has 0 saturated carbocycles. The molecule has 0 bridgehead atoms. The second kappa shape index (κ2) is 43.4. The van der Waals surface area contributed by atoms with Gasteiger partial charge in [-0.05, 0) is 106 Å². The predicted molar refractivity (Wildman–Crippen MR) is 397 cm³/mol. The van der Waals surface area contributed by atoms with Gasteiger partial charge < -0.3 is 82.5 Å². The maximum Gasteiger partial charge on any atom is 0.312 e. The summed E-state index contributed by atoms with van der Waals surface area (Å²) in [6.07, 6.45) is -0.584. The van der Waals surface area contributed by atoms with Crippen molar-refractivity contribution in [2.75, 3.05) is 73.4 Å². The van der Waals surface area contributed by atoms with Crippen LogP contribution in [-0.2, 0) is 79.8 Å². The van der Waals surface area contributed by atoms with Gasteiger partial charge in [-0.1, -0.05) is 118 Å².